The number of allylic oxidation sites excluding steroid dienone is 1. The fourth-order valence-corrected chi connectivity index (χ4v) is 14.3. The van der Waals surface area contributed by atoms with Gasteiger partial charge in [-0.3, -0.25) is 4.79 Å². The topological polar surface area (TPSA) is 111 Å². The molecule has 5 aliphatic rings. The van der Waals surface area contributed by atoms with E-state index in [9.17, 15) is 18.3 Å². The Bertz CT molecular complexity index is 1690. The van der Waals surface area contributed by atoms with Crippen LogP contribution < -0.4 is 4.72 Å². The van der Waals surface area contributed by atoms with Crippen LogP contribution in [0.3, 0.4) is 0 Å². The van der Waals surface area contributed by atoms with Gasteiger partial charge >= 0.3 is 5.97 Å². The second-order valence-corrected chi connectivity index (χ2v) is 21.7. The van der Waals surface area contributed by atoms with Gasteiger partial charge < -0.3 is 19.3 Å². The Balaban J connectivity index is 1.32. The van der Waals surface area contributed by atoms with Crippen molar-refractivity contribution in [3.05, 3.63) is 41.5 Å². The highest BCUT2D eigenvalue weighted by Gasteiger charge is 2.72. The van der Waals surface area contributed by atoms with E-state index in [2.05, 4.69) is 59.3 Å². The molecule has 0 unspecified atom stereocenters. The highest BCUT2D eigenvalue weighted by atomic mass is 32.2. The van der Waals surface area contributed by atoms with Crippen molar-refractivity contribution in [2.24, 2.45) is 62.6 Å². The molecule has 4 aliphatic carbocycles. The smallest absolute Gasteiger partial charge is 0.307 e. The zero-order chi connectivity index (χ0) is 39.2. The number of carboxylic acid groups (broad SMARTS) is 1. The van der Waals surface area contributed by atoms with E-state index >= 15 is 0 Å². The number of benzene rings is 1. The van der Waals surface area contributed by atoms with Gasteiger partial charge in [0.1, 0.15) is 0 Å². The third-order valence-electron chi connectivity index (χ3n) is 16.9. The molecule has 1 heterocycles. The van der Waals surface area contributed by atoms with Gasteiger partial charge in [-0.05, 0) is 110 Å². The first-order valence-electron chi connectivity index (χ1n) is 20.3. The number of rotatable bonds is 11. The Morgan fingerprint density at radius 2 is 1.68 bits per heavy atom. The van der Waals surface area contributed by atoms with Gasteiger partial charge in [-0.15, -0.1) is 0 Å². The molecule has 1 aromatic rings. The normalized spacial score (nSPS) is 41.5. The first-order valence-corrected chi connectivity index (χ1v) is 21.8. The number of fused-ring (bicyclic) bond motifs is 3. The average molecular weight is 756 g/mol. The molecule has 0 aromatic heterocycles. The number of aryl methyl sites for hydroxylation is 1. The number of hydrogen-bond donors (Lipinski definition) is 2. The molecule has 2 bridgehead atoms. The maximum absolute atomic E-state index is 13.6. The van der Waals surface area contributed by atoms with Gasteiger partial charge in [-0.1, -0.05) is 91.7 Å². The second kappa shape index (κ2) is 13.7. The van der Waals surface area contributed by atoms with Crippen molar-refractivity contribution in [2.75, 3.05) is 26.9 Å². The molecule has 2 N–H and O–H groups in total. The largest absolute Gasteiger partial charge is 0.481 e. The molecule has 0 radical (unpaired) electrons. The average Bonchev–Trinajstić information content (AvgIpc) is 3.07. The number of carboxylic acids is 1. The van der Waals surface area contributed by atoms with Crippen LogP contribution in [0, 0.1) is 69.5 Å². The summed E-state index contributed by atoms with van der Waals surface area (Å²) in [5.41, 5.74) is 0.213. The summed E-state index contributed by atoms with van der Waals surface area (Å²) in [7, 11) is -2.01. The quantitative estimate of drug-likeness (QED) is 0.218. The minimum absolute atomic E-state index is 0.0461. The lowest BCUT2D eigenvalue weighted by Crippen LogP contribution is -2.70. The molecule has 12 atom stereocenters. The summed E-state index contributed by atoms with van der Waals surface area (Å²) in [5, 5.41) is 11.0. The molecule has 0 amide bonds. The fraction of sp³-hybridized carbons (Fsp3) is 0.795. The standard InChI is InChI=1S/C44H69NO7S/c1-27(2)30(6)39(7)21-22-41(9)32-17-18-35-40(8)24-51-26-44(35,33(32)19-20-42(41,10)36(39)38(46)47)23-34(50-12)37(40)52-25-43(11,28(3)4)45-53(48,49)31-15-13-29(5)14-16-31/h13-16,19,27-28,30,32,34-37,45H,17-18,20-26H2,1-12H3,(H,46,47)/t30-,32+,34-,35+,36-,37+,39-,40-,41-,42+,43+,44+/m1/s1. The maximum Gasteiger partial charge on any atom is 0.307 e. The van der Waals surface area contributed by atoms with Gasteiger partial charge in [-0.2, -0.15) is 0 Å². The van der Waals surface area contributed by atoms with Crippen molar-refractivity contribution >= 4 is 16.0 Å². The lowest BCUT2D eigenvalue weighted by molar-refractivity contribution is -0.269. The number of ether oxygens (including phenoxy) is 3. The van der Waals surface area contributed by atoms with Crippen LogP contribution in [-0.2, 0) is 29.0 Å². The van der Waals surface area contributed by atoms with E-state index < -0.39 is 27.4 Å². The Labute approximate surface area is 320 Å². The van der Waals surface area contributed by atoms with Crippen molar-refractivity contribution in [2.45, 2.75) is 137 Å². The van der Waals surface area contributed by atoms with Gasteiger partial charge in [0.25, 0.3) is 0 Å². The van der Waals surface area contributed by atoms with Crippen LogP contribution in [0.2, 0.25) is 0 Å². The van der Waals surface area contributed by atoms with Crippen molar-refractivity contribution < 1.29 is 32.5 Å². The van der Waals surface area contributed by atoms with Crippen molar-refractivity contribution in [3.63, 3.8) is 0 Å². The molecule has 298 valence electrons. The van der Waals surface area contributed by atoms with Crippen LogP contribution in [0.5, 0.6) is 0 Å². The van der Waals surface area contributed by atoms with Gasteiger partial charge in [0, 0.05) is 17.9 Å². The van der Waals surface area contributed by atoms with E-state index in [1.165, 1.54) is 5.57 Å². The summed E-state index contributed by atoms with van der Waals surface area (Å²) < 4.78 is 50.4. The van der Waals surface area contributed by atoms with Gasteiger partial charge in [0.15, 0.2) is 0 Å². The second-order valence-electron chi connectivity index (χ2n) is 20.0. The molecule has 0 spiro atoms. The zero-order valence-corrected chi connectivity index (χ0v) is 35.5. The number of carbonyl (C=O) groups is 1. The predicted octanol–water partition coefficient (Wildman–Crippen LogP) is 8.68. The van der Waals surface area contributed by atoms with Crippen LogP contribution in [0.1, 0.15) is 113 Å². The summed E-state index contributed by atoms with van der Waals surface area (Å²) >= 11 is 0. The van der Waals surface area contributed by atoms with E-state index in [0.29, 0.717) is 31.0 Å². The lowest BCUT2D eigenvalue weighted by atomic mass is 9.34. The van der Waals surface area contributed by atoms with E-state index in [1.54, 1.807) is 19.2 Å². The third kappa shape index (κ3) is 6.11. The molecular weight excluding hydrogens is 687 g/mol. The van der Waals surface area contributed by atoms with Crippen LogP contribution in [0.4, 0.5) is 0 Å². The van der Waals surface area contributed by atoms with E-state index in [4.69, 9.17) is 14.2 Å². The van der Waals surface area contributed by atoms with Gasteiger partial charge in [0.2, 0.25) is 10.0 Å². The molecule has 1 aromatic carbocycles. The van der Waals surface area contributed by atoms with Gasteiger partial charge in [-0.25, -0.2) is 13.1 Å². The molecule has 3 saturated carbocycles. The van der Waals surface area contributed by atoms with Crippen LogP contribution in [-0.4, -0.2) is 64.2 Å². The highest BCUT2D eigenvalue weighted by molar-refractivity contribution is 7.89. The first kappa shape index (κ1) is 40.9. The van der Waals surface area contributed by atoms with Crippen molar-refractivity contribution in [1.29, 1.82) is 0 Å². The molecule has 9 heteroatoms. The SMILES string of the molecule is CO[C@@H]1C[C@@]23COC[C@](C)([C@@H]2CC[C@H]2C3=CC[C@@]3(C)[C@H](C(=O)O)[C@@](C)([C@H](C)C(C)C)CC[C@]23C)[C@H]1OC[C@](C)(NS(=O)(=O)c1ccc(C)cc1)C(C)C. The van der Waals surface area contributed by atoms with Crippen LogP contribution in [0.25, 0.3) is 0 Å². The van der Waals surface area contributed by atoms with Gasteiger partial charge in [0.05, 0.1) is 48.4 Å². The summed E-state index contributed by atoms with van der Waals surface area (Å²) in [6.07, 6.45) is 7.47. The Morgan fingerprint density at radius 1 is 1.02 bits per heavy atom. The molecule has 53 heavy (non-hydrogen) atoms. The van der Waals surface area contributed by atoms with E-state index in [1.807, 2.05) is 39.8 Å². The fourth-order valence-electron chi connectivity index (χ4n) is 12.7. The Kier molecular flexibility index (Phi) is 10.6. The maximum atomic E-state index is 13.6. The third-order valence-corrected chi connectivity index (χ3v) is 18.5. The highest BCUT2D eigenvalue weighted by Crippen LogP contribution is 2.75. The molecule has 6 rings (SSSR count). The zero-order valence-electron chi connectivity index (χ0n) is 34.7. The van der Waals surface area contributed by atoms with Crippen molar-refractivity contribution in [1.82, 2.24) is 4.72 Å². The molecule has 1 saturated heterocycles. The predicted molar refractivity (Wildman–Crippen MR) is 209 cm³/mol. The minimum Gasteiger partial charge on any atom is -0.481 e. The summed E-state index contributed by atoms with van der Waals surface area (Å²) in [4.78, 5) is 13.7. The monoisotopic (exact) mass is 755 g/mol. The molecular formula is C44H69NO7S. The Hall–Kier alpha value is -1.78. The van der Waals surface area contributed by atoms with E-state index in [0.717, 1.165) is 44.1 Å². The number of aliphatic carboxylic acids is 1. The number of methoxy groups -OCH3 is 1. The summed E-state index contributed by atoms with van der Waals surface area (Å²) in [6.45, 7) is 25.4. The van der Waals surface area contributed by atoms with E-state index in [-0.39, 0.29) is 62.6 Å². The van der Waals surface area contributed by atoms with Crippen LogP contribution in [0.15, 0.2) is 40.8 Å². The number of sulfonamides is 1. The molecule has 1 aliphatic heterocycles. The Morgan fingerprint density at radius 3 is 2.26 bits per heavy atom. The van der Waals surface area contributed by atoms with Crippen LogP contribution >= 0.6 is 0 Å². The summed E-state index contributed by atoms with van der Waals surface area (Å²) in [5.74, 6) is 0.167. The first-order chi connectivity index (χ1) is 24.6. The lowest BCUT2D eigenvalue weighted by Gasteiger charge is -2.71. The van der Waals surface area contributed by atoms with Crippen molar-refractivity contribution in [3.8, 4) is 0 Å². The summed E-state index contributed by atoms with van der Waals surface area (Å²) in [6, 6.07) is 6.94. The number of nitrogens with one attached hydrogen (secondary N) is 1. The molecule has 8 nitrogen and oxygen atoms in total. The number of hydrogen-bond acceptors (Lipinski definition) is 6. The minimum atomic E-state index is -3.79. The molecule has 4 fully saturated rings.